The molecule has 0 radical (unpaired) electrons. The van der Waals surface area contributed by atoms with Crippen molar-refractivity contribution in [3.63, 3.8) is 0 Å². The average Bonchev–Trinajstić information content (AvgIpc) is 2.70. The molecule has 2 amide bonds. The molecule has 2 aromatic carbocycles. The molecule has 1 atom stereocenters. The average molecular weight is 432 g/mol. The minimum absolute atomic E-state index is 0.0151. The van der Waals surface area contributed by atoms with Crippen molar-refractivity contribution in [1.29, 1.82) is 0 Å². The fraction of sp³-hybridized carbons (Fsp3) is 0.391. The first-order chi connectivity index (χ1) is 14.7. The van der Waals surface area contributed by atoms with Gasteiger partial charge >= 0.3 is 6.09 Å². The number of hydrogen-bond acceptors (Lipinski definition) is 5. The van der Waals surface area contributed by atoms with Crippen molar-refractivity contribution >= 4 is 12.0 Å². The highest BCUT2D eigenvalue weighted by Crippen LogP contribution is 2.15. The van der Waals surface area contributed by atoms with Gasteiger partial charge in [-0.05, 0) is 56.2 Å². The molecule has 0 aromatic heterocycles. The van der Waals surface area contributed by atoms with Gasteiger partial charge in [-0.2, -0.15) is 0 Å². The number of alkyl carbamates (subject to hydrolysis) is 1. The van der Waals surface area contributed by atoms with E-state index in [1.165, 1.54) is 19.2 Å². The summed E-state index contributed by atoms with van der Waals surface area (Å²) in [6, 6.07) is 12.5. The molecular formula is C23H29FN2O5. The number of amides is 2. The molecule has 0 bridgehead atoms. The van der Waals surface area contributed by atoms with Gasteiger partial charge in [-0.25, -0.2) is 9.18 Å². The summed E-state index contributed by atoms with van der Waals surface area (Å²) in [6.45, 7) is 5.83. The summed E-state index contributed by atoms with van der Waals surface area (Å²) < 4.78 is 28.8. The molecular weight excluding hydrogens is 403 g/mol. The Balaban J connectivity index is 1.83. The van der Waals surface area contributed by atoms with Crippen LogP contribution in [0.5, 0.6) is 5.75 Å². The Morgan fingerprint density at radius 2 is 1.61 bits per heavy atom. The molecule has 0 spiro atoms. The molecule has 2 N–H and O–H groups in total. The third-order valence-corrected chi connectivity index (χ3v) is 4.05. The van der Waals surface area contributed by atoms with Crippen molar-refractivity contribution in [3.05, 3.63) is 65.5 Å². The van der Waals surface area contributed by atoms with Crippen molar-refractivity contribution in [2.45, 2.75) is 45.6 Å². The van der Waals surface area contributed by atoms with Gasteiger partial charge < -0.3 is 24.8 Å². The molecule has 0 aliphatic carbocycles. The molecule has 0 aliphatic heterocycles. The molecule has 7 nitrogen and oxygen atoms in total. The first-order valence-corrected chi connectivity index (χ1v) is 9.88. The Bertz CT molecular complexity index is 848. The molecule has 2 rings (SSSR count). The van der Waals surface area contributed by atoms with Crippen molar-refractivity contribution in [3.8, 4) is 5.75 Å². The molecule has 168 valence electrons. The Morgan fingerprint density at radius 3 is 2.19 bits per heavy atom. The summed E-state index contributed by atoms with van der Waals surface area (Å²) in [4.78, 5) is 24.4. The van der Waals surface area contributed by atoms with E-state index in [1.807, 2.05) is 12.1 Å². The second-order valence-electron chi connectivity index (χ2n) is 7.93. The normalized spacial score (nSPS) is 12.0. The van der Waals surface area contributed by atoms with E-state index in [4.69, 9.17) is 14.2 Å². The fourth-order valence-electron chi connectivity index (χ4n) is 2.56. The van der Waals surface area contributed by atoms with Crippen LogP contribution in [0.4, 0.5) is 9.18 Å². The van der Waals surface area contributed by atoms with E-state index < -0.39 is 17.7 Å². The molecule has 2 aromatic rings. The summed E-state index contributed by atoms with van der Waals surface area (Å²) in [5, 5.41) is 5.28. The van der Waals surface area contributed by atoms with Crippen LogP contribution in [0.15, 0.2) is 48.5 Å². The van der Waals surface area contributed by atoms with E-state index in [0.29, 0.717) is 12.4 Å². The molecule has 8 heteroatoms. The third kappa shape index (κ3) is 9.04. The van der Waals surface area contributed by atoms with Crippen molar-refractivity contribution in [1.82, 2.24) is 10.6 Å². The number of nitrogens with one attached hydrogen (secondary N) is 2. The van der Waals surface area contributed by atoms with Gasteiger partial charge in [-0.15, -0.1) is 0 Å². The smallest absolute Gasteiger partial charge is 0.408 e. The van der Waals surface area contributed by atoms with E-state index >= 15 is 0 Å². The fourth-order valence-corrected chi connectivity index (χ4v) is 2.56. The number of methoxy groups -OCH3 is 1. The topological polar surface area (TPSA) is 85.9 Å². The van der Waals surface area contributed by atoms with Gasteiger partial charge in [0.25, 0.3) is 0 Å². The van der Waals surface area contributed by atoms with Crippen LogP contribution in [-0.4, -0.2) is 37.4 Å². The number of ether oxygens (including phenoxy) is 3. The van der Waals surface area contributed by atoms with Gasteiger partial charge in [-0.3, -0.25) is 4.79 Å². The lowest BCUT2D eigenvalue weighted by Gasteiger charge is -2.23. The monoisotopic (exact) mass is 432 g/mol. The maximum absolute atomic E-state index is 12.9. The van der Waals surface area contributed by atoms with Crippen LogP contribution in [0.1, 0.15) is 31.9 Å². The summed E-state index contributed by atoms with van der Waals surface area (Å²) in [5.41, 5.74) is 1.05. The maximum Gasteiger partial charge on any atom is 0.408 e. The summed E-state index contributed by atoms with van der Waals surface area (Å²) in [6.07, 6.45) is -0.688. The van der Waals surface area contributed by atoms with Gasteiger partial charge in [0.05, 0.1) is 6.61 Å². The molecule has 0 heterocycles. The largest absolute Gasteiger partial charge is 0.489 e. The van der Waals surface area contributed by atoms with Crippen LogP contribution < -0.4 is 15.4 Å². The van der Waals surface area contributed by atoms with Crippen LogP contribution in [0, 0.1) is 5.82 Å². The lowest BCUT2D eigenvalue weighted by Crippen LogP contribution is -2.50. The van der Waals surface area contributed by atoms with Gasteiger partial charge in [-0.1, -0.05) is 24.3 Å². The molecule has 0 saturated carbocycles. The Morgan fingerprint density at radius 1 is 1.00 bits per heavy atom. The minimum Gasteiger partial charge on any atom is -0.489 e. The van der Waals surface area contributed by atoms with E-state index in [9.17, 15) is 14.0 Å². The number of hydrogen-bond donors (Lipinski definition) is 2. The summed E-state index contributed by atoms with van der Waals surface area (Å²) >= 11 is 0. The predicted octanol–water partition coefficient (Wildman–Crippen LogP) is 3.56. The highest BCUT2D eigenvalue weighted by molar-refractivity contribution is 5.85. The van der Waals surface area contributed by atoms with Crippen LogP contribution in [0.3, 0.4) is 0 Å². The predicted molar refractivity (Wildman–Crippen MR) is 114 cm³/mol. The number of halogens is 1. The molecule has 0 saturated heterocycles. The zero-order valence-electron chi connectivity index (χ0n) is 18.2. The zero-order valence-corrected chi connectivity index (χ0v) is 18.2. The Labute approximate surface area is 181 Å². The van der Waals surface area contributed by atoms with Gasteiger partial charge in [0.2, 0.25) is 5.91 Å². The third-order valence-electron chi connectivity index (χ3n) is 4.05. The molecule has 0 unspecified atom stereocenters. The van der Waals surface area contributed by atoms with E-state index in [2.05, 4.69) is 10.6 Å². The van der Waals surface area contributed by atoms with Gasteiger partial charge in [0.1, 0.15) is 29.8 Å². The van der Waals surface area contributed by atoms with E-state index in [1.54, 1.807) is 45.0 Å². The molecule has 31 heavy (non-hydrogen) atoms. The van der Waals surface area contributed by atoms with Crippen molar-refractivity contribution in [2.24, 2.45) is 0 Å². The van der Waals surface area contributed by atoms with E-state index in [0.717, 1.165) is 11.1 Å². The van der Waals surface area contributed by atoms with Crippen LogP contribution in [0.25, 0.3) is 0 Å². The second kappa shape index (κ2) is 11.3. The van der Waals surface area contributed by atoms with Crippen LogP contribution in [-0.2, 0) is 27.4 Å². The Kier molecular flexibility index (Phi) is 8.81. The van der Waals surface area contributed by atoms with Gasteiger partial charge in [0, 0.05) is 13.7 Å². The second-order valence-corrected chi connectivity index (χ2v) is 7.93. The molecule has 0 aliphatic rings. The zero-order chi connectivity index (χ0) is 22.9. The standard InChI is InChI=1S/C23H29FN2O5/c1-23(2,3)31-22(28)26-20(15-29-4)21(27)25-13-16-7-11-19(12-8-16)30-14-17-5-9-18(24)10-6-17/h5-12,20H,13-15H2,1-4H3,(H,25,27)(H,26,28)/t20-/m1/s1. The van der Waals surface area contributed by atoms with Crippen molar-refractivity contribution in [2.75, 3.05) is 13.7 Å². The first kappa shape index (κ1) is 24.1. The first-order valence-electron chi connectivity index (χ1n) is 9.88. The number of benzene rings is 2. The highest BCUT2D eigenvalue weighted by Gasteiger charge is 2.24. The summed E-state index contributed by atoms with van der Waals surface area (Å²) in [5.74, 6) is -0.0169. The Hall–Kier alpha value is -3.13. The van der Waals surface area contributed by atoms with Crippen LogP contribution in [0.2, 0.25) is 0 Å². The number of carbonyl (C=O) groups excluding carboxylic acids is 2. The SMILES string of the molecule is COC[C@@H](NC(=O)OC(C)(C)C)C(=O)NCc1ccc(OCc2ccc(F)cc2)cc1. The maximum atomic E-state index is 12.9. The summed E-state index contributed by atoms with van der Waals surface area (Å²) in [7, 11) is 1.45. The number of rotatable bonds is 9. The van der Waals surface area contributed by atoms with E-state index in [-0.39, 0.29) is 24.9 Å². The highest BCUT2D eigenvalue weighted by atomic mass is 19.1. The quantitative estimate of drug-likeness (QED) is 0.633. The minimum atomic E-state index is -0.877. The van der Waals surface area contributed by atoms with Gasteiger partial charge in [0.15, 0.2) is 0 Å². The lowest BCUT2D eigenvalue weighted by atomic mass is 10.2. The lowest BCUT2D eigenvalue weighted by molar-refractivity contribution is -0.124. The van der Waals surface area contributed by atoms with Crippen LogP contribution >= 0.6 is 0 Å². The molecule has 0 fully saturated rings. The number of carbonyl (C=O) groups is 2. The van der Waals surface area contributed by atoms with Crippen molar-refractivity contribution < 1.29 is 28.2 Å².